The Bertz CT molecular complexity index is 940. The van der Waals surface area contributed by atoms with Crippen molar-refractivity contribution in [1.82, 2.24) is 0 Å². The normalized spacial score (nSPS) is 11.7. The molecule has 1 nitrogen and oxygen atoms in total. The van der Waals surface area contributed by atoms with Gasteiger partial charge in [-0.3, -0.25) is 0 Å². The molecule has 0 saturated carbocycles. The molecule has 0 N–H and O–H groups in total. The Labute approximate surface area is 122 Å². The van der Waals surface area contributed by atoms with Crippen molar-refractivity contribution in [3.8, 4) is 0 Å². The van der Waals surface area contributed by atoms with Crippen LogP contribution >= 0.6 is 27.5 Å². The number of halogens is 2. The topological polar surface area (TPSA) is 13.1 Å². The van der Waals surface area contributed by atoms with Crippen molar-refractivity contribution >= 4 is 60.2 Å². The second-order valence-electron chi connectivity index (χ2n) is 4.50. The second kappa shape index (κ2) is 3.99. The molecule has 3 aromatic carbocycles. The third kappa shape index (κ3) is 1.54. The lowest BCUT2D eigenvalue weighted by Gasteiger charge is -2.00. The van der Waals surface area contributed by atoms with E-state index in [1.54, 1.807) is 0 Å². The van der Waals surface area contributed by atoms with E-state index in [1.165, 1.54) is 10.8 Å². The number of benzene rings is 3. The number of hydrogen-bond acceptors (Lipinski definition) is 1. The molecule has 19 heavy (non-hydrogen) atoms. The van der Waals surface area contributed by atoms with Crippen molar-refractivity contribution in [1.29, 1.82) is 0 Å². The molecule has 0 fully saturated rings. The van der Waals surface area contributed by atoms with Crippen molar-refractivity contribution in [2.75, 3.05) is 0 Å². The van der Waals surface area contributed by atoms with Gasteiger partial charge in [0.25, 0.3) is 0 Å². The second-order valence-corrected chi connectivity index (χ2v) is 5.76. The van der Waals surface area contributed by atoms with Crippen LogP contribution in [0.1, 0.15) is 0 Å². The first-order chi connectivity index (χ1) is 9.25. The van der Waals surface area contributed by atoms with Crippen molar-refractivity contribution in [3.63, 3.8) is 0 Å². The lowest BCUT2D eigenvalue weighted by Crippen LogP contribution is -1.75. The Balaban J connectivity index is 2.39. The van der Waals surface area contributed by atoms with E-state index in [4.69, 9.17) is 16.0 Å². The molecule has 0 saturated heterocycles. The van der Waals surface area contributed by atoms with Gasteiger partial charge in [-0.1, -0.05) is 57.9 Å². The fourth-order valence-corrected chi connectivity index (χ4v) is 3.28. The minimum atomic E-state index is 0.637. The van der Waals surface area contributed by atoms with Gasteiger partial charge < -0.3 is 4.42 Å². The molecule has 0 radical (unpaired) electrons. The summed E-state index contributed by atoms with van der Waals surface area (Å²) in [5.41, 5.74) is 1.60. The Morgan fingerprint density at radius 3 is 2.63 bits per heavy atom. The molecular weight excluding hydrogens is 324 g/mol. The highest BCUT2D eigenvalue weighted by molar-refractivity contribution is 9.10. The third-order valence-corrected chi connectivity index (χ3v) is 4.37. The zero-order valence-corrected chi connectivity index (χ0v) is 12.1. The largest absolute Gasteiger partial charge is 0.454 e. The molecule has 0 atom stereocenters. The molecule has 0 bridgehead atoms. The molecule has 92 valence electrons. The highest BCUT2D eigenvalue weighted by atomic mass is 79.9. The van der Waals surface area contributed by atoms with E-state index in [0.29, 0.717) is 5.02 Å². The Hall–Kier alpha value is -1.51. The van der Waals surface area contributed by atoms with Gasteiger partial charge in [0.05, 0.1) is 5.02 Å². The fourth-order valence-electron chi connectivity index (χ4n) is 2.57. The van der Waals surface area contributed by atoms with Crippen LogP contribution in [0.15, 0.2) is 57.4 Å². The zero-order valence-electron chi connectivity index (χ0n) is 9.78. The van der Waals surface area contributed by atoms with Gasteiger partial charge in [-0.25, -0.2) is 0 Å². The van der Waals surface area contributed by atoms with Gasteiger partial charge in [-0.05, 0) is 29.0 Å². The molecule has 1 heterocycles. The van der Waals surface area contributed by atoms with Crippen LogP contribution in [0.5, 0.6) is 0 Å². The van der Waals surface area contributed by atoms with Gasteiger partial charge in [0.15, 0.2) is 5.58 Å². The molecule has 3 heteroatoms. The Morgan fingerprint density at radius 2 is 1.74 bits per heavy atom. The first-order valence-electron chi connectivity index (χ1n) is 5.93. The average Bonchev–Trinajstić information content (AvgIpc) is 2.84. The maximum atomic E-state index is 6.24. The maximum Gasteiger partial charge on any atom is 0.155 e. The lowest BCUT2D eigenvalue weighted by molar-refractivity contribution is 0.669. The molecule has 0 unspecified atom stereocenters. The van der Waals surface area contributed by atoms with Crippen molar-refractivity contribution in [2.24, 2.45) is 0 Å². The number of hydrogen-bond donors (Lipinski definition) is 0. The van der Waals surface area contributed by atoms with E-state index < -0.39 is 0 Å². The molecule has 0 aliphatic carbocycles. The molecule has 4 rings (SSSR count). The Morgan fingerprint density at radius 1 is 0.895 bits per heavy atom. The van der Waals surface area contributed by atoms with Gasteiger partial charge in [0.2, 0.25) is 0 Å². The summed E-state index contributed by atoms with van der Waals surface area (Å²) in [7, 11) is 0. The summed E-state index contributed by atoms with van der Waals surface area (Å²) in [6.07, 6.45) is 0. The van der Waals surface area contributed by atoms with E-state index >= 15 is 0 Å². The van der Waals surface area contributed by atoms with Crippen LogP contribution in [0.3, 0.4) is 0 Å². The van der Waals surface area contributed by atoms with E-state index in [0.717, 1.165) is 26.4 Å². The van der Waals surface area contributed by atoms with Crippen molar-refractivity contribution in [2.45, 2.75) is 0 Å². The molecule has 4 aromatic rings. The highest BCUT2D eigenvalue weighted by Crippen LogP contribution is 2.40. The van der Waals surface area contributed by atoms with Crippen LogP contribution in [0.2, 0.25) is 5.02 Å². The molecule has 0 aliphatic rings. The highest BCUT2D eigenvalue weighted by Gasteiger charge is 2.15. The summed E-state index contributed by atoms with van der Waals surface area (Å²) in [5.74, 6) is 0. The van der Waals surface area contributed by atoms with Crippen molar-refractivity contribution in [3.05, 3.63) is 58.0 Å². The van der Waals surface area contributed by atoms with Gasteiger partial charge in [0, 0.05) is 15.2 Å². The van der Waals surface area contributed by atoms with Gasteiger partial charge in [-0.2, -0.15) is 0 Å². The van der Waals surface area contributed by atoms with Gasteiger partial charge >= 0.3 is 0 Å². The summed E-state index contributed by atoms with van der Waals surface area (Å²) in [4.78, 5) is 0. The minimum absolute atomic E-state index is 0.637. The van der Waals surface area contributed by atoms with E-state index in [-0.39, 0.29) is 0 Å². The van der Waals surface area contributed by atoms with Gasteiger partial charge in [0.1, 0.15) is 5.58 Å². The molecule has 0 aliphatic heterocycles. The number of fused-ring (bicyclic) bond motifs is 5. The van der Waals surface area contributed by atoms with E-state index in [9.17, 15) is 0 Å². The molecular formula is C16H8BrClO. The number of rotatable bonds is 0. The third-order valence-electron chi connectivity index (χ3n) is 3.41. The SMILES string of the molecule is Clc1ccc(Br)c2c1oc1ccc3ccccc3c12. The van der Waals surface area contributed by atoms with Crippen LogP contribution < -0.4 is 0 Å². The van der Waals surface area contributed by atoms with Crippen LogP contribution in [-0.4, -0.2) is 0 Å². The van der Waals surface area contributed by atoms with Crippen molar-refractivity contribution < 1.29 is 4.42 Å². The maximum absolute atomic E-state index is 6.24. The quantitative estimate of drug-likeness (QED) is 0.376. The van der Waals surface area contributed by atoms with Crippen LogP contribution in [0.4, 0.5) is 0 Å². The van der Waals surface area contributed by atoms with Crippen LogP contribution in [0.25, 0.3) is 32.7 Å². The summed E-state index contributed by atoms with van der Waals surface area (Å²) in [5, 5.41) is 5.17. The molecule has 0 amide bonds. The van der Waals surface area contributed by atoms with E-state index in [1.807, 2.05) is 30.3 Å². The predicted molar refractivity (Wildman–Crippen MR) is 83.9 cm³/mol. The summed E-state index contributed by atoms with van der Waals surface area (Å²) < 4.78 is 6.91. The fraction of sp³-hybridized carbons (Fsp3) is 0. The summed E-state index contributed by atoms with van der Waals surface area (Å²) in [6.45, 7) is 0. The molecule has 0 spiro atoms. The summed E-state index contributed by atoms with van der Waals surface area (Å²) in [6, 6.07) is 16.2. The minimum Gasteiger partial charge on any atom is -0.454 e. The first-order valence-corrected chi connectivity index (χ1v) is 7.11. The van der Waals surface area contributed by atoms with Crippen LogP contribution in [0, 0.1) is 0 Å². The summed E-state index contributed by atoms with van der Waals surface area (Å²) >= 11 is 9.84. The zero-order chi connectivity index (χ0) is 13.0. The smallest absolute Gasteiger partial charge is 0.155 e. The average molecular weight is 332 g/mol. The van der Waals surface area contributed by atoms with E-state index in [2.05, 4.69) is 34.1 Å². The predicted octanol–water partition coefficient (Wildman–Crippen LogP) is 6.16. The standard InChI is InChI=1S/C16H8BrClO/c17-11-6-7-12(18)16-15(11)14-10-4-2-1-3-9(10)5-8-13(14)19-16/h1-8H. The Kier molecular flexibility index (Phi) is 2.38. The monoisotopic (exact) mass is 330 g/mol. The van der Waals surface area contributed by atoms with Gasteiger partial charge in [-0.15, -0.1) is 0 Å². The first kappa shape index (κ1) is 11.3. The lowest BCUT2D eigenvalue weighted by atomic mass is 10.0. The van der Waals surface area contributed by atoms with Crippen LogP contribution in [-0.2, 0) is 0 Å². The number of furan rings is 1. The molecule has 1 aromatic heterocycles.